The monoisotopic (exact) mass is 335 g/mol. The average molecular weight is 336 g/mol. The van der Waals surface area contributed by atoms with Crippen LogP contribution >= 0.6 is 15.9 Å². The van der Waals surface area contributed by atoms with Crippen LogP contribution in [0, 0.1) is 11.6 Å². The van der Waals surface area contributed by atoms with E-state index in [2.05, 4.69) is 20.9 Å². The lowest BCUT2D eigenvalue weighted by molar-refractivity contribution is 0.581. The molecule has 0 atom stereocenters. The fraction of sp³-hybridized carbons (Fsp3) is 0. The standard InChI is InChI=1S/C15H8BrF2NO/c16-10-3-5-14-13(7-10)19-15(20-14)6-2-9-1-4-11(17)8-12(9)18/h1-8H/b6-2+. The molecule has 3 aromatic rings. The Morgan fingerprint density at radius 2 is 1.90 bits per heavy atom. The lowest BCUT2D eigenvalue weighted by Gasteiger charge is -1.95. The number of halogens is 3. The molecule has 0 saturated carbocycles. The highest BCUT2D eigenvalue weighted by Gasteiger charge is 2.04. The molecular formula is C15H8BrF2NO. The van der Waals surface area contributed by atoms with Crippen LogP contribution in [0.15, 0.2) is 45.3 Å². The Bertz CT molecular complexity index is 811. The summed E-state index contributed by atoms with van der Waals surface area (Å²) in [7, 11) is 0. The lowest BCUT2D eigenvalue weighted by Crippen LogP contribution is -1.83. The summed E-state index contributed by atoms with van der Waals surface area (Å²) >= 11 is 3.35. The fourth-order valence-corrected chi connectivity index (χ4v) is 2.14. The molecule has 1 heterocycles. The van der Waals surface area contributed by atoms with Crippen molar-refractivity contribution in [2.45, 2.75) is 0 Å². The number of oxazole rings is 1. The van der Waals surface area contributed by atoms with Crippen LogP contribution < -0.4 is 0 Å². The van der Waals surface area contributed by atoms with Gasteiger partial charge in [0.2, 0.25) is 5.89 Å². The largest absolute Gasteiger partial charge is 0.437 e. The van der Waals surface area contributed by atoms with Crippen LogP contribution in [0.4, 0.5) is 8.78 Å². The minimum absolute atomic E-state index is 0.273. The van der Waals surface area contributed by atoms with Crippen molar-refractivity contribution in [2.24, 2.45) is 0 Å². The highest BCUT2D eigenvalue weighted by atomic mass is 79.9. The van der Waals surface area contributed by atoms with Gasteiger partial charge in [0.25, 0.3) is 0 Å². The molecule has 1 aromatic heterocycles. The predicted octanol–water partition coefficient (Wildman–Crippen LogP) is 5.04. The van der Waals surface area contributed by atoms with E-state index in [0.717, 1.165) is 10.5 Å². The second kappa shape index (κ2) is 5.17. The molecule has 0 amide bonds. The number of aromatic nitrogens is 1. The first-order valence-corrected chi connectivity index (χ1v) is 6.60. The Hall–Kier alpha value is -2.01. The van der Waals surface area contributed by atoms with Crippen molar-refractivity contribution in [1.29, 1.82) is 0 Å². The van der Waals surface area contributed by atoms with Crippen molar-refractivity contribution in [1.82, 2.24) is 4.98 Å². The van der Waals surface area contributed by atoms with Crippen LogP contribution in [0.2, 0.25) is 0 Å². The number of hydrogen-bond acceptors (Lipinski definition) is 2. The highest BCUT2D eigenvalue weighted by Crippen LogP contribution is 2.21. The van der Waals surface area contributed by atoms with Gasteiger partial charge in [0.05, 0.1) is 0 Å². The minimum atomic E-state index is -0.625. The summed E-state index contributed by atoms with van der Waals surface area (Å²) in [6.07, 6.45) is 3.04. The van der Waals surface area contributed by atoms with Crippen LogP contribution in [0.3, 0.4) is 0 Å². The number of rotatable bonds is 2. The first-order chi connectivity index (χ1) is 9.61. The Morgan fingerprint density at radius 3 is 2.70 bits per heavy atom. The first kappa shape index (κ1) is 13.0. The third-order valence-corrected chi connectivity index (χ3v) is 3.23. The molecular weight excluding hydrogens is 328 g/mol. The molecule has 20 heavy (non-hydrogen) atoms. The van der Waals surface area contributed by atoms with E-state index in [1.54, 1.807) is 12.1 Å². The topological polar surface area (TPSA) is 26.0 Å². The van der Waals surface area contributed by atoms with Gasteiger partial charge < -0.3 is 4.42 Å². The van der Waals surface area contributed by atoms with E-state index >= 15 is 0 Å². The van der Waals surface area contributed by atoms with E-state index < -0.39 is 11.6 Å². The summed E-state index contributed by atoms with van der Waals surface area (Å²) in [5.41, 5.74) is 1.63. The van der Waals surface area contributed by atoms with Crippen molar-refractivity contribution < 1.29 is 13.2 Å². The van der Waals surface area contributed by atoms with E-state index in [-0.39, 0.29) is 5.56 Å². The average Bonchev–Trinajstić information content (AvgIpc) is 2.79. The Labute approximate surface area is 121 Å². The molecule has 0 N–H and O–H groups in total. The number of hydrogen-bond donors (Lipinski definition) is 0. The molecule has 0 aliphatic carbocycles. The maximum absolute atomic E-state index is 13.5. The molecule has 2 nitrogen and oxygen atoms in total. The van der Waals surface area contributed by atoms with Gasteiger partial charge in [0.15, 0.2) is 5.58 Å². The summed E-state index contributed by atoms with van der Waals surface area (Å²) < 4.78 is 32.6. The van der Waals surface area contributed by atoms with Gasteiger partial charge in [0.1, 0.15) is 17.2 Å². The minimum Gasteiger partial charge on any atom is -0.437 e. The van der Waals surface area contributed by atoms with Crippen molar-refractivity contribution in [3.8, 4) is 0 Å². The molecule has 5 heteroatoms. The van der Waals surface area contributed by atoms with E-state index in [9.17, 15) is 8.78 Å². The summed E-state index contributed by atoms with van der Waals surface area (Å²) in [6.45, 7) is 0. The Kier molecular flexibility index (Phi) is 3.36. The summed E-state index contributed by atoms with van der Waals surface area (Å²) in [6, 6.07) is 8.87. The molecule has 0 saturated heterocycles. The van der Waals surface area contributed by atoms with Crippen molar-refractivity contribution >= 4 is 39.2 Å². The van der Waals surface area contributed by atoms with Gasteiger partial charge in [-0.05, 0) is 36.4 Å². The van der Waals surface area contributed by atoms with Gasteiger partial charge in [-0.3, -0.25) is 0 Å². The molecule has 0 bridgehead atoms. The molecule has 2 aromatic carbocycles. The van der Waals surface area contributed by atoms with Gasteiger partial charge in [-0.15, -0.1) is 0 Å². The molecule has 3 rings (SSSR count). The van der Waals surface area contributed by atoms with Gasteiger partial charge in [-0.25, -0.2) is 13.8 Å². The zero-order chi connectivity index (χ0) is 14.1. The van der Waals surface area contributed by atoms with Gasteiger partial charge in [-0.2, -0.15) is 0 Å². The van der Waals surface area contributed by atoms with Crippen molar-refractivity contribution in [2.75, 3.05) is 0 Å². The Morgan fingerprint density at radius 1 is 1.05 bits per heavy atom. The van der Waals surface area contributed by atoms with E-state index in [0.29, 0.717) is 17.0 Å². The third kappa shape index (κ3) is 2.63. The van der Waals surface area contributed by atoms with Crippen LogP contribution in [-0.4, -0.2) is 4.98 Å². The van der Waals surface area contributed by atoms with Crippen LogP contribution in [-0.2, 0) is 0 Å². The first-order valence-electron chi connectivity index (χ1n) is 5.81. The predicted molar refractivity (Wildman–Crippen MR) is 77.0 cm³/mol. The van der Waals surface area contributed by atoms with Gasteiger partial charge in [0, 0.05) is 22.2 Å². The van der Waals surface area contributed by atoms with Crippen LogP contribution in [0.5, 0.6) is 0 Å². The SMILES string of the molecule is Fc1ccc(/C=C/c2nc3cc(Br)ccc3o2)c(F)c1. The Balaban J connectivity index is 1.94. The zero-order valence-electron chi connectivity index (χ0n) is 10.1. The molecule has 0 radical (unpaired) electrons. The summed E-state index contributed by atoms with van der Waals surface area (Å²) in [5, 5.41) is 0. The van der Waals surface area contributed by atoms with Gasteiger partial charge >= 0.3 is 0 Å². The third-order valence-electron chi connectivity index (χ3n) is 2.73. The molecule has 0 unspecified atom stereocenters. The molecule has 100 valence electrons. The zero-order valence-corrected chi connectivity index (χ0v) is 11.7. The normalized spacial score (nSPS) is 11.6. The van der Waals surface area contributed by atoms with Crippen molar-refractivity contribution in [3.05, 3.63) is 64.0 Å². The fourth-order valence-electron chi connectivity index (χ4n) is 1.79. The molecule has 0 aliphatic heterocycles. The number of fused-ring (bicyclic) bond motifs is 1. The number of nitrogens with zero attached hydrogens (tertiary/aromatic N) is 1. The summed E-state index contributed by atoms with van der Waals surface area (Å²) in [4.78, 5) is 4.26. The summed E-state index contributed by atoms with van der Waals surface area (Å²) in [5.74, 6) is -0.867. The van der Waals surface area contributed by atoms with Crippen LogP contribution in [0.25, 0.3) is 23.3 Å². The highest BCUT2D eigenvalue weighted by molar-refractivity contribution is 9.10. The smallest absolute Gasteiger partial charge is 0.220 e. The maximum atomic E-state index is 13.5. The lowest BCUT2D eigenvalue weighted by atomic mass is 10.2. The van der Waals surface area contributed by atoms with Crippen LogP contribution in [0.1, 0.15) is 11.5 Å². The second-order valence-electron chi connectivity index (χ2n) is 4.16. The molecule has 0 fully saturated rings. The second-order valence-corrected chi connectivity index (χ2v) is 5.08. The quantitative estimate of drug-likeness (QED) is 0.655. The number of benzene rings is 2. The van der Waals surface area contributed by atoms with Gasteiger partial charge in [-0.1, -0.05) is 15.9 Å². The maximum Gasteiger partial charge on any atom is 0.220 e. The van der Waals surface area contributed by atoms with E-state index in [1.807, 2.05) is 12.1 Å². The van der Waals surface area contributed by atoms with Crippen molar-refractivity contribution in [3.63, 3.8) is 0 Å². The van der Waals surface area contributed by atoms with E-state index in [4.69, 9.17) is 4.42 Å². The molecule has 0 spiro atoms. The van der Waals surface area contributed by atoms with E-state index in [1.165, 1.54) is 18.2 Å². The molecule has 0 aliphatic rings.